The van der Waals surface area contributed by atoms with Gasteiger partial charge in [-0.3, -0.25) is 19.2 Å². The molecule has 0 aromatic heterocycles. The number of carboxylic acid groups (broad SMARTS) is 2. The maximum Gasteiger partial charge on any atom is 0.404 e. The highest BCUT2D eigenvalue weighted by Gasteiger charge is 2.57. The van der Waals surface area contributed by atoms with Gasteiger partial charge in [0.05, 0.1) is 0 Å². The molecule has 0 bridgehead atoms. The fraction of sp³-hybridized carbons (Fsp3) is 0.667. The Kier molecular flexibility index (Phi) is 6.72. The molecular weight excluding hydrogens is 396 g/mol. The van der Waals surface area contributed by atoms with E-state index in [1.54, 1.807) is 0 Å². The van der Waals surface area contributed by atoms with Crippen molar-refractivity contribution in [2.45, 2.75) is 36.7 Å². The SMILES string of the molecule is NC(=O)OCC1(C(=O)O)CS[C@@H]2C(NC(=O)CCCC(N)C(=O)O)C(=O)N2C1. The van der Waals surface area contributed by atoms with Gasteiger partial charge in [0.2, 0.25) is 11.8 Å². The second kappa shape index (κ2) is 8.65. The number of carbonyl (C=O) groups excluding carboxylic acids is 3. The third-order valence-electron chi connectivity index (χ3n) is 4.64. The van der Waals surface area contributed by atoms with Gasteiger partial charge in [-0.1, -0.05) is 0 Å². The Bertz CT molecular complexity index is 689. The van der Waals surface area contributed by atoms with Crippen LogP contribution in [0, 0.1) is 5.41 Å². The number of carbonyl (C=O) groups is 5. The van der Waals surface area contributed by atoms with E-state index in [4.69, 9.17) is 16.6 Å². The molecule has 2 rings (SSSR count). The number of ether oxygens (including phenoxy) is 1. The van der Waals surface area contributed by atoms with Crippen molar-refractivity contribution in [3.8, 4) is 0 Å². The largest absolute Gasteiger partial charge is 0.481 e. The predicted octanol–water partition coefficient (Wildman–Crippen LogP) is -1.87. The zero-order chi connectivity index (χ0) is 21.1. The van der Waals surface area contributed by atoms with Crippen LogP contribution in [-0.4, -0.2) is 81.3 Å². The average Bonchev–Trinajstić information content (AvgIpc) is 2.63. The second-order valence-corrected chi connectivity index (χ2v) is 7.85. The lowest BCUT2D eigenvalue weighted by atomic mass is 9.88. The molecule has 2 aliphatic rings. The first-order valence-corrected chi connectivity index (χ1v) is 9.48. The van der Waals surface area contributed by atoms with Crippen LogP contribution in [0.3, 0.4) is 0 Å². The monoisotopic (exact) mass is 418 g/mol. The van der Waals surface area contributed by atoms with Gasteiger partial charge in [0.15, 0.2) is 0 Å². The number of fused-ring (bicyclic) bond motifs is 1. The normalized spacial score (nSPS) is 27.2. The van der Waals surface area contributed by atoms with E-state index in [9.17, 15) is 29.1 Å². The van der Waals surface area contributed by atoms with E-state index in [2.05, 4.69) is 10.1 Å². The summed E-state index contributed by atoms with van der Waals surface area (Å²) in [5, 5.41) is 20.4. The third-order valence-corrected chi connectivity index (χ3v) is 6.23. The summed E-state index contributed by atoms with van der Waals surface area (Å²) in [6.45, 7) is -0.617. The van der Waals surface area contributed by atoms with Gasteiger partial charge in [0.1, 0.15) is 29.5 Å². The first kappa shape index (κ1) is 21.8. The van der Waals surface area contributed by atoms with Crippen LogP contribution in [0.1, 0.15) is 19.3 Å². The minimum absolute atomic E-state index is 0.0215. The van der Waals surface area contributed by atoms with E-state index in [0.717, 1.165) is 0 Å². The summed E-state index contributed by atoms with van der Waals surface area (Å²) in [6.07, 6.45) is -0.690. The lowest BCUT2D eigenvalue weighted by Gasteiger charge is -2.53. The molecule has 28 heavy (non-hydrogen) atoms. The van der Waals surface area contributed by atoms with E-state index in [-0.39, 0.29) is 31.6 Å². The quantitative estimate of drug-likeness (QED) is 0.264. The summed E-state index contributed by atoms with van der Waals surface area (Å²) in [6, 6.07) is -1.83. The summed E-state index contributed by atoms with van der Waals surface area (Å²) in [7, 11) is 0. The van der Waals surface area contributed by atoms with Crippen LogP contribution in [0.5, 0.6) is 0 Å². The summed E-state index contributed by atoms with van der Waals surface area (Å²) in [5.74, 6) is -3.13. The molecule has 2 saturated heterocycles. The maximum atomic E-state index is 12.3. The number of nitrogens with zero attached hydrogens (tertiary/aromatic N) is 1. The van der Waals surface area contributed by atoms with Gasteiger partial charge in [-0.2, -0.15) is 0 Å². The Labute approximate surface area is 163 Å². The minimum Gasteiger partial charge on any atom is -0.481 e. The average molecular weight is 418 g/mol. The highest BCUT2D eigenvalue weighted by Crippen LogP contribution is 2.42. The zero-order valence-electron chi connectivity index (χ0n) is 14.8. The van der Waals surface area contributed by atoms with Crippen LogP contribution < -0.4 is 16.8 Å². The predicted molar refractivity (Wildman–Crippen MR) is 95.0 cm³/mol. The fourth-order valence-electron chi connectivity index (χ4n) is 2.97. The lowest BCUT2D eigenvalue weighted by molar-refractivity contribution is -0.161. The van der Waals surface area contributed by atoms with Crippen LogP contribution in [-0.2, 0) is 23.9 Å². The number of carboxylic acids is 2. The van der Waals surface area contributed by atoms with Gasteiger partial charge < -0.3 is 36.6 Å². The first-order valence-electron chi connectivity index (χ1n) is 8.43. The molecule has 3 unspecified atom stereocenters. The summed E-state index contributed by atoms with van der Waals surface area (Å²) in [4.78, 5) is 58.7. The molecule has 3 amide bonds. The lowest BCUT2D eigenvalue weighted by Crippen LogP contribution is -2.74. The Morgan fingerprint density at radius 1 is 1.36 bits per heavy atom. The molecule has 12 nitrogen and oxygen atoms in total. The number of β-lactam (4-membered cyclic amide) rings is 1. The number of hydrogen-bond donors (Lipinski definition) is 5. The van der Waals surface area contributed by atoms with Crippen LogP contribution in [0.2, 0.25) is 0 Å². The number of rotatable bonds is 9. The summed E-state index contributed by atoms with van der Waals surface area (Å²) in [5.41, 5.74) is 8.79. The molecule has 13 heteroatoms. The third kappa shape index (κ3) is 4.65. The standard InChI is InChI=1S/C15H22N4O8S/c16-7(12(22)23)2-1-3-8(20)18-9-10(21)19-4-15(13(24)25,5-27-14(17)26)6-28-11(9)19/h7,9,11H,1-6,16H2,(H2,17,26)(H,18,20)(H,22,23)(H,24,25)/t7?,9?,11-,15?/m1/s1. The highest BCUT2D eigenvalue weighted by molar-refractivity contribution is 8.00. The van der Waals surface area contributed by atoms with Crippen LogP contribution >= 0.6 is 11.8 Å². The number of thioether (sulfide) groups is 1. The Hall–Kier alpha value is -2.54. The molecule has 2 fully saturated rings. The zero-order valence-corrected chi connectivity index (χ0v) is 15.6. The smallest absolute Gasteiger partial charge is 0.404 e. The van der Waals surface area contributed by atoms with Gasteiger partial charge >= 0.3 is 18.0 Å². The molecule has 4 atom stereocenters. The van der Waals surface area contributed by atoms with Gasteiger partial charge in [-0.15, -0.1) is 11.8 Å². The number of amides is 3. The topological polar surface area (TPSA) is 202 Å². The van der Waals surface area contributed by atoms with Crippen LogP contribution in [0.25, 0.3) is 0 Å². The van der Waals surface area contributed by atoms with E-state index in [0.29, 0.717) is 0 Å². The molecule has 0 radical (unpaired) electrons. The Morgan fingerprint density at radius 2 is 2.04 bits per heavy atom. The molecule has 0 aliphatic carbocycles. The van der Waals surface area contributed by atoms with Crippen LogP contribution in [0.4, 0.5) is 4.79 Å². The maximum absolute atomic E-state index is 12.3. The van der Waals surface area contributed by atoms with Gasteiger partial charge in [-0.05, 0) is 12.8 Å². The Balaban J connectivity index is 1.87. The fourth-order valence-corrected chi connectivity index (χ4v) is 4.49. The number of nitrogens with one attached hydrogen (secondary N) is 1. The van der Waals surface area contributed by atoms with Crippen molar-refractivity contribution >= 4 is 41.6 Å². The van der Waals surface area contributed by atoms with Crippen molar-refractivity contribution in [3.63, 3.8) is 0 Å². The highest BCUT2D eigenvalue weighted by atomic mass is 32.2. The molecule has 0 spiro atoms. The molecule has 156 valence electrons. The van der Waals surface area contributed by atoms with Crippen LogP contribution in [0.15, 0.2) is 0 Å². The molecule has 0 saturated carbocycles. The Morgan fingerprint density at radius 3 is 2.61 bits per heavy atom. The van der Waals surface area contributed by atoms with Crippen molar-refractivity contribution in [1.29, 1.82) is 0 Å². The van der Waals surface area contributed by atoms with Crippen molar-refractivity contribution in [3.05, 3.63) is 0 Å². The van der Waals surface area contributed by atoms with E-state index >= 15 is 0 Å². The molecular formula is C15H22N4O8S. The van der Waals surface area contributed by atoms with E-state index in [1.165, 1.54) is 16.7 Å². The summed E-state index contributed by atoms with van der Waals surface area (Å²) < 4.78 is 4.65. The van der Waals surface area contributed by atoms with E-state index in [1.807, 2.05) is 0 Å². The van der Waals surface area contributed by atoms with Gasteiger partial charge in [0, 0.05) is 18.7 Å². The first-order chi connectivity index (χ1) is 13.1. The van der Waals surface area contributed by atoms with Gasteiger partial charge in [0.25, 0.3) is 0 Å². The number of nitrogens with two attached hydrogens (primary N) is 2. The molecule has 0 aromatic carbocycles. The summed E-state index contributed by atoms with van der Waals surface area (Å²) >= 11 is 1.17. The molecule has 2 aliphatic heterocycles. The number of hydrogen-bond acceptors (Lipinski definition) is 8. The minimum atomic E-state index is -1.46. The van der Waals surface area contributed by atoms with E-state index < -0.39 is 59.3 Å². The number of primary amides is 1. The van der Waals surface area contributed by atoms with Crippen molar-refractivity contribution in [2.75, 3.05) is 18.9 Å². The van der Waals surface area contributed by atoms with Gasteiger partial charge in [-0.25, -0.2) is 4.79 Å². The molecule has 7 N–H and O–H groups in total. The van der Waals surface area contributed by atoms with Crippen molar-refractivity contribution in [2.24, 2.45) is 16.9 Å². The molecule has 0 aromatic rings. The molecule has 2 heterocycles. The number of aliphatic carboxylic acids is 2. The van der Waals surface area contributed by atoms with Crippen molar-refractivity contribution in [1.82, 2.24) is 10.2 Å². The van der Waals surface area contributed by atoms with Crippen molar-refractivity contribution < 1.29 is 38.9 Å². The second-order valence-electron chi connectivity index (χ2n) is 6.74.